The molecule has 0 atom stereocenters. The van der Waals surface area contributed by atoms with Crippen LogP contribution in [0.4, 0.5) is 4.79 Å². The Labute approximate surface area is 96.4 Å². The lowest BCUT2D eigenvalue weighted by atomic mass is 10.3. The van der Waals surface area contributed by atoms with Crippen LogP contribution in [0, 0.1) is 0 Å². The van der Waals surface area contributed by atoms with Gasteiger partial charge in [-0.1, -0.05) is 12.1 Å². The fourth-order valence-corrected chi connectivity index (χ4v) is 1.30. The summed E-state index contributed by atoms with van der Waals surface area (Å²) >= 11 is 3.26. The van der Waals surface area contributed by atoms with Gasteiger partial charge in [0.25, 0.3) is 0 Å². The van der Waals surface area contributed by atoms with Gasteiger partial charge in [0.05, 0.1) is 4.47 Å². The molecule has 0 saturated carbocycles. The molecule has 4 nitrogen and oxygen atoms in total. The largest absolute Gasteiger partial charge is 0.412 e. The first-order valence-corrected chi connectivity index (χ1v) is 5.34. The average Bonchev–Trinajstić information content (AvgIpc) is 2.22. The van der Waals surface area contributed by atoms with Crippen molar-refractivity contribution >= 4 is 22.0 Å². The molecule has 1 amide bonds. The van der Waals surface area contributed by atoms with Crippen molar-refractivity contribution in [2.24, 2.45) is 0 Å². The molecule has 2 N–H and O–H groups in total. The molecule has 1 rings (SSSR count). The fraction of sp³-hybridized carbons (Fsp3) is 0.300. The predicted molar refractivity (Wildman–Crippen MR) is 59.9 cm³/mol. The topological polar surface area (TPSA) is 58.6 Å². The number of benzene rings is 1. The molecule has 0 spiro atoms. The van der Waals surface area contributed by atoms with Gasteiger partial charge in [-0.3, -0.25) is 0 Å². The summed E-state index contributed by atoms with van der Waals surface area (Å²) < 4.78 is 5.74. The van der Waals surface area contributed by atoms with Crippen LogP contribution < -0.4 is 10.1 Å². The van der Waals surface area contributed by atoms with Gasteiger partial charge in [0, 0.05) is 13.2 Å². The second kappa shape index (κ2) is 6.42. The molecule has 0 radical (unpaired) electrons. The number of hydrogen-bond donors (Lipinski definition) is 2. The monoisotopic (exact) mass is 273 g/mol. The highest BCUT2D eigenvalue weighted by atomic mass is 79.9. The third kappa shape index (κ3) is 4.31. The first-order chi connectivity index (χ1) is 7.24. The van der Waals surface area contributed by atoms with Gasteiger partial charge >= 0.3 is 6.09 Å². The van der Waals surface area contributed by atoms with Gasteiger partial charge in [-0.05, 0) is 34.5 Å². The molecule has 0 bridgehead atoms. The van der Waals surface area contributed by atoms with Crippen LogP contribution in [-0.2, 0) is 0 Å². The lowest BCUT2D eigenvalue weighted by Crippen LogP contribution is -2.28. The zero-order chi connectivity index (χ0) is 11.1. The van der Waals surface area contributed by atoms with E-state index in [1.807, 2.05) is 6.07 Å². The molecule has 0 aliphatic rings. The van der Waals surface area contributed by atoms with Crippen molar-refractivity contribution in [1.29, 1.82) is 0 Å². The Morgan fingerprint density at radius 2 is 2.20 bits per heavy atom. The summed E-state index contributed by atoms with van der Waals surface area (Å²) in [5, 5.41) is 11.0. The van der Waals surface area contributed by atoms with E-state index in [1.165, 1.54) is 0 Å². The van der Waals surface area contributed by atoms with E-state index in [1.54, 1.807) is 18.2 Å². The molecule has 0 aromatic heterocycles. The van der Waals surface area contributed by atoms with Crippen LogP contribution in [-0.4, -0.2) is 24.4 Å². The molecule has 0 saturated heterocycles. The summed E-state index contributed by atoms with van der Waals surface area (Å²) in [5.74, 6) is 0.471. The Morgan fingerprint density at radius 3 is 2.87 bits per heavy atom. The maximum absolute atomic E-state index is 11.2. The van der Waals surface area contributed by atoms with E-state index in [4.69, 9.17) is 9.84 Å². The van der Waals surface area contributed by atoms with E-state index in [0.29, 0.717) is 18.7 Å². The van der Waals surface area contributed by atoms with Gasteiger partial charge in [-0.15, -0.1) is 0 Å². The summed E-state index contributed by atoms with van der Waals surface area (Å²) in [7, 11) is 0. The van der Waals surface area contributed by atoms with Crippen molar-refractivity contribution in [2.75, 3.05) is 13.2 Å². The number of hydrogen-bond acceptors (Lipinski definition) is 3. The average molecular weight is 274 g/mol. The van der Waals surface area contributed by atoms with Gasteiger partial charge in [0.1, 0.15) is 5.75 Å². The molecule has 5 heteroatoms. The Bertz CT molecular complexity index is 330. The predicted octanol–water partition coefficient (Wildman–Crippen LogP) is 1.92. The zero-order valence-electron chi connectivity index (χ0n) is 8.07. The fourth-order valence-electron chi connectivity index (χ4n) is 0.933. The number of carbonyl (C=O) groups is 1. The maximum atomic E-state index is 11.2. The van der Waals surface area contributed by atoms with Crippen molar-refractivity contribution in [3.8, 4) is 5.75 Å². The number of ether oxygens (including phenoxy) is 1. The Morgan fingerprint density at radius 1 is 1.47 bits per heavy atom. The molecule has 0 aliphatic carbocycles. The van der Waals surface area contributed by atoms with Crippen LogP contribution in [0.15, 0.2) is 28.7 Å². The van der Waals surface area contributed by atoms with Crippen molar-refractivity contribution < 1.29 is 14.6 Å². The molecule has 82 valence electrons. The smallest absolute Gasteiger partial charge is 0.409 e. The first-order valence-electron chi connectivity index (χ1n) is 4.55. The molecular formula is C10H12BrNO3. The Kier molecular flexibility index (Phi) is 5.14. The van der Waals surface area contributed by atoms with E-state index in [-0.39, 0.29) is 6.61 Å². The van der Waals surface area contributed by atoms with Crippen LogP contribution in [0.5, 0.6) is 5.75 Å². The number of amides is 1. The van der Waals surface area contributed by atoms with E-state index in [2.05, 4.69) is 21.2 Å². The minimum Gasteiger partial charge on any atom is -0.409 e. The van der Waals surface area contributed by atoms with E-state index < -0.39 is 6.09 Å². The zero-order valence-corrected chi connectivity index (χ0v) is 9.66. The molecule has 1 aromatic carbocycles. The molecule has 0 aliphatic heterocycles. The van der Waals surface area contributed by atoms with E-state index in [9.17, 15) is 4.79 Å². The van der Waals surface area contributed by atoms with Gasteiger partial charge in [0.15, 0.2) is 0 Å². The third-order valence-electron chi connectivity index (χ3n) is 1.64. The first kappa shape index (κ1) is 12.0. The standard InChI is InChI=1S/C10H12BrNO3/c11-8-4-1-2-5-9(8)15-10(14)12-6-3-7-13/h1-2,4-5,13H,3,6-7H2,(H,12,14). The van der Waals surface area contributed by atoms with Crippen molar-refractivity contribution in [3.63, 3.8) is 0 Å². The quantitative estimate of drug-likeness (QED) is 0.825. The van der Waals surface area contributed by atoms with Crippen LogP contribution >= 0.6 is 15.9 Å². The number of rotatable bonds is 4. The Balaban J connectivity index is 2.41. The second-order valence-corrected chi connectivity index (χ2v) is 3.68. The van der Waals surface area contributed by atoms with E-state index >= 15 is 0 Å². The highest BCUT2D eigenvalue weighted by Crippen LogP contribution is 2.23. The maximum Gasteiger partial charge on any atom is 0.412 e. The van der Waals surface area contributed by atoms with E-state index in [0.717, 1.165) is 4.47 Å². The molecule has 0 heterocycles. The highest BCUT2D eigenvalue weighted by molar-refractivity contribution is 9.10. The molecule has 0 fully saturated rings. The molecule has 1 aromatic rings. The number of aliphatic hydroxyl groups is 1. The number of para-hydroxylation sites is 1. The van der Waals surface area contributed by atoms with Gasteiger partial charge in [0.2, 0.25) is 0 Å². The van der Waals surface area contributed by atoms with Crippen molar-refractivity contribution in [3.05, 3.63) is 28.7 Å². The summed E-state index contributed by atoms with van der Waals surface area (Å²) in [5.41, 5.74) is 0. The lowest BCUT2D eigenvalue weighted by molar-refractivity contribution is 0.198. The summed E-state index contributed by atoms with van der Waals surface area (Å²) in [6.07, 6.45) is 0.000714. The number of aliphatic hydroxyl groups excluding tert-OH is 1. The summed E-state index contributed by atoms with van der Waals surface area (Å²) in [4.78, 5) is 11.2. The number of halogens is 1. The SMILES string of the molecule is O=C(NCCCO)Oc1ccccc1Br. The van der Waals surface area contributed by atoms with Crippen molar-refractivity contribution in [1.82, 2.24) is 5.32 Å². The summed E-state index contributed by atoms with van der Waals surface area (Å²) in [6, 6.07) is 7.09. The normalized spacial score (nSPS) is 9.73. The van der Waals surface area contributed by atoms with Crippen LogP contribution in [0.2, 0.25) is 0 Å². The highest BCUT2D eigenvalue weighted by Gasteiger charge is 2.05. The van der Waals surface area contributed by atoms with Crippen LogP contribution in [0.25, 0.3) is 0 Å². The second-order valence-electron chi connectivity index (χ2n) is 2.82. The summed E-state index contributed by atoms with van der Waals surface area (Å²) in [6.45, 7) is 0.453. The lowest BCUT2D eigenvalue weighted by Gasteiger charge is -2.06. The molecule has 0 unspecified atom stereocenters. The van der Waals surface area contributed by atoms with Gasteiger partial charge in [-0.25, -0.2) is 4.79 Å². The molecule has 15 heavy (non-hydrogen) atoms. The van der Waals surface area contributed by atoms with Crippen molar-refractivity contribution in [2.45, 2.75) is 6.42 Å². The van der Waals surface area contributed by atoms with Gasteiger partial charge < -0.3 is 15.2 Å². The molecular weight excluding hydrogens is 262 g/mol. The Hall–Kier alpha value is -1.07. The van der Waals surface area contributed by atoms with Crippen LogP contribution in [0.1, 0.15) is 6.42 Å². The van der Waals surface area contributed by atoms with Crippen LogP contribution in [0.3, 0.4) is 0 Å². The third-order valence-corrected chi connectivity index (χ3v) is 2.30. The van der Waals surface area contributed by atoms with Gasteiger partial charge in [-0.2, -0.15) is 0 Å². The minimum atomic E-state index is -0.518. The number of carbonyl (C=O) groups excluding carboxylic acids is 1. The number of nitrogens with one attached hydrogen (secondary N) is 1. The minimum absolute atomic E-state index is 0.0509.